The van der Waals surface area contributed by atoms with Gasteiger partial charge in [-0.15, -0.1) is 0 Å². The highest BCUT2D eigenvalue weighted by Gasteiger charge is 2.29. The van der Waals surface area contributed by atoms with Crippen LogP contribution < -0.4 is 10.1 Å². The number of morpholine rings is 1. The van der Waals surface area contributed by atoms with Crippen LogP contribution in [0.5, 0.6) is 5.75 Å². The van der Waals surface area contributed by atoms with Crippen molar-refractivity contribution in [1.82, 2.24) is 9.80 Å². The molecule has 1 atom stereocenters. The first-order valence-electron chi connectivity index (χ1n) is 10.7. The molecule has 1 aliphatic heterocycles. The van der Waals surface area contributed by atoms with Gasteiger partial charge in [0.15, 0.2) is 0 Å². The summed E-state index contributed by atoms with van der Waals surface area (Å²) in [4.78, 5) is 29.1. The molecular weight excluding hydrogens is 413 g/mol. The first kappa shape index (κ1) is 23.5. The molecule has 3 amide bonds. The van der Waals surface area contributed by atoms with Gasteiger partial charge >= 0.3 is 6.03 Å². The van der Waals surface area contributed by atoms with Crippen molar-refractivity contribution in [1.29, 1.82) is 0 Å². The first-order valence-corrected chi connectivity index (χ1v) is 10.7. The molecule has 1 heterocycles. The highest BCUT2D eigenvalue weighted by atomic mass is 19.1. The molecule has 1 fully saturated rings. The van der Waals surface area contributed by atoms with E-state index in [4.69, 9.17) is 9.47 Å². The summed E-state index contributed by atoms with van der Waals surface area (Å²) in [5, 5.41) is 2.87. The number of methoxy groups -OCH3 is 1. The van der Waals surface area contributed by atoms with Gasteiger partial charge in [0.1, 0.15) is 11.6 Å². The van der Waals surface area contributed by atoms with Crippen LogP contribution in [0.25, 0.3) is 0 Å². The number of hydrogen-bond acceptors (Lipinski definition) is 4. The van der Waals surface area contributed by atoms with Gasteiger partial charge in [-0.3, -0.25) is 4.79 Å². The van der Waals surface area contributed by atoms with Gasteiger partial charge in [-0.2, -0.15) is 0 Å². The molecule has 0 aliphatic carbocycles. The Kier molecular flexibility index (Phi) is 8.05. The quantitative estimate of drug-likeness (QED) is 0.705. The van der Waals surface area contributed by atoms with Crippen LogP contribution in [-0.4, -0.2) is 67.7 Å². The van der Waals surface area contributed by atoms with E-state index in [9.17, 15) is 14.0 Å². The van der Waals surface area contributed by atoms with Gasteiger partial charge in [0.05, 0.1) is 31.9 Å². The molecule has 2 aromatic rings. The maximum atomic E-state index is 14.2. The summed E-state index contributed by atoms with van der Waals surface area (Å²) in [5.41, 5.74) is 0.671. The summed E-state index contributed by atoms with van der Waals surface area (Å²) in [6.45, 7) is 5.86. The second-order valence-electron chi connectivity index (χ2n) is 8.18. The first-order chi connectivity index (χ1) is 15.4. The molecule has 172 valence electrons. The predicted octanol–water partition coefficient (Wildman–Crippen LogP) is 3.87. The van der Waals surface area contributed by atoms with Gasteiger partial charge in [0, 0.05) is 31.4 Å². The number of anilines is 1. The third-order valence-electron chi connectivity index (χ3n) is 5.15. The van der Waals surface area contributed by atoms with Gasteiger partial charge in [-0.1, -0.05) is 32.0 Å². The number of nitrogens with one attached hydrogen (secondary N) is 1. The zero-order chi connectivity index (χ0) is 23.1. The van der Waals surface area contributed by atoms with Gasteiger partial charge in [-0.25, -0.2) is 9.18 Å². The van der Waals surface area contributed by atoms with Gasteiger partial charge in [0.2, 0.25) is 0 Å². The summed E-state index contributed by atoms with van der Waals surface area (Å²) < 4.78 is 25.2. The molecule has 7 nitrogen and oxygen atoms in total. The van der Waals surface area contributed by atoms with Crippen LogP contribution in [0, 0.1) is 11.7 Å². The van der Waals surface area contributed by atoms with E-state index in [0.717, 1.165) is 0 Å². The molecule has 1 saturated heterocycles. The van der Waals surface area contributed by atoms with Gasteiger partial charge in [-0.05, 0) is 30.2 Å². The molecule has 2 aromatic carbocycles. The van der Waals surface area contributed by atoms with Crippen molar-refractivity contribution in [2.24, 2.45) is 5.92 Å². The number of rotatable bonds is 7. The van der Waals surface area contributed by atoms with E-state index < -0.39 is 5.82 Å². The van der Waals surface area contributed by atoms with Crippen LogP contribution >= 0.6 is 0 Å². The average molecular weight is 444 g/mol. The molecule has 1 unspecified atom stereocenters. The molecule has 0 aromatic heterocycles. The van der Waals surface area contributed by atoms with Crippen LogP contribution in [-0.2, 0) is 4.74 Å². The van der Waals surface area contributed by atoms with Crippen LogP contribution in [0.3, 0.4) is 0 Å². The second kappa shape index (κ2) is 10.9. The van der Waals surface area contributed by atoms with Crippen molar-refractivity contribution in [3.8, 4) is 5.75 Å². The standard InChI is InChI=1S/C24H30FN3O4/c1-17(2)14-28(23(29)21-9-4-5-10-22(21)25)16-20-15-27(11-12-32-20)24(30)26-18-7-6-8-19(13-18)31-3/h4-10,13,17,20H,11-12,14-16H2,1-3H3,(H,26,30). The highest BCUT2D eigenvalue weighted by Crippen LogP contribution is 2.19. The molecule has 8 heteroatoms. The number of carbonyl (C=O) groups is 2. The fourth-order valence-corrected chi connectivity index (χ4v) is 3.65. The maximum Gasteiger partial charge on any atom is 0.322 e. The minimum absolute atomic E-state index is 0.0385. The van der Waals surface area contributed by atoms with E-state index in [2.05, 4.69) is 5.32 Å². The maximum absolute atomic E-state index is 14.2. The molecule has 0 saturated carbocycles. The van der Waals surface area contributed by atoms with Crippen LogP contribution in [0.2, 0.25) is 0 Å². The molecule has 0 radical (unpaired) electrons. The fraction of sp³-hybridized carbons (Fsp3) is 0.417. The molecule has 0 bridgehead atoms. The summed E-state index contributed by atoms with van der Waals surface area (Å²) in [6, 6.07) is 12.9. The molecule has 1 N–H and O–H groups in total. The Morgan fingerprint density at radius 1 is 1.25 bits per heavy atom. The third-order valence-corrected chi connectivity index (χ3v) is 5.15. The number of benzene rings is 2. The van der Waals surface area contributed by atoms with E-state index in [-0.39, 0.29) is 36.1 Å². The largest absolute Gasteiger partial charge is 0.497 e. The number of halogens is 1. The molecule has 3 rings (SSSR count). The Labute approximate surface area is 188 Å². The van der Waals surface area contributed by atoms with Crippen molar-refractivity contribution in [2.75, 3.05) is 45.2 Å². The van der Waals surface area contributed by atoms with Gasteiger partial charge in [0.25, 0.3) is 5.91 Å². The van der Waals surface area contributed by atoms with Crippen molar-refractivity contribution in [2.45, 2.75) is 20.0 Å². The lowest BCUT2D eigenvalue weighted by molar-refractivity contribution is -0.0272. The van der Waals surface area contributed by atoms with Crippen molar-refractivity contribution < 1.29 is 23.5 Å². The summed E-state index contributed by atoms with van der Waals surface area (Å²) in [7, 11) is 1.57. The lowest BCUT2D eigenvalue weighted by atomic mass is 10.1. The minimum atomic E-state index is -0.546. The number of ether oxygens (including phenoxy) is 2. The number of nitrogens with zero attached hydrogens (tertiary/aromatic N) is 2. The van der Waals surface area contributed by atoms with Crippen molar-refractivity contribution >= 4 is 17.6 Å². The van der Waals surface area contributed by atoms with E-state index in [0.29, 0.717) is 37.7 Å². The number of urea groups is 1. The molecule has 32 heavy (non-hydrogen) atoms. The summed E-state index contributed by atoms with van der Waals surface area (Å²) in [5.74, 6) is -0.0751. The average Bonchev–Trinajstić information content (AvgIpc) is 2.78. The number of carbonyl (C=O) groups excluding carboxylic acids is 2. The van der Waals surface area contributed by atoms with Gasteiger partial charge < -0.3 is 24.6 Å². The molecule has 1 aliphatic rings. The van der Waals surface area contributed by atoms with Crippen LogP contribution in [0.15, 0.2) is 48.5 Å². The van der Waals surface area contributed by atoms with Crippen molar-refractivity contribution in [3.05, 3.63) is 59.9 Å². The zero-order valence-electron chi connectivity index (χ0n) is 18.7. The smallest absolute Gasteiger partial charge is 0.322 e. The Bertz CT molecular complexity index is 937. The van der Waals surface area contributed by atoms with Crippen LogP contribution in [0.4, 0.5) is 14.9 Å². The molecular formula is C24H30FN3O4. The predicted molar refractivity (Wildman–Crippen MR) is 120 cm³/mol. The lowest BCUT2D eigenvalue weighted by Gasteiger charge is -2.36. The molecule has 0 spiro atoms. The zero-order valence-corrected chi connectivity index (χ0v) is 18.7. The van der Waals surface area contributed by atoms with E-state index in [1.807, 2.05) is 13.8 Å². The number of hydrogen-bond donors (Lipinski definition) is 1. The Morgan fingerprint density at radius 2 is 2.03 bits per heavy atom. The van der Waals surface area contributed by atoms with E-state index >= 15 is 0 Å². The normalized spacial score (nSPS) is 16.0. The second-order valence-corrected chi connectivity index (χ2v) is 8.18. The topological polar surface area (TPSA) is 71.1 Å². The monoisotopic (exact) mass is 443 g/mol. The summed E-state index contributed by atoms with van der Waals surface area (Å²) >= 11 is 0. The minimum Gasteiger partial charge on any atom is -0.497 e. The summed E-state index contributed by atoms with van der Waals surface area (Å²) in [6.07, 6.45) is -0.366. The Hall–Kier alpha value is -3.13. The van der Waals surface area contributed by atoms with Crippen LogP contribution in [0.1, 0.15) is 24.2 Å². The van der Waals surface area contributed by atoms with E-state index in [1.165, 1.54) is 12.1 Å². The Balaban J connectivity index is 1.66. The fourth-order valence-electron chi connectivity index (χ4n) is 3.65. The number of amides is 3. The lowest BCUT2D eigenvalue weighted by Crippen LogP contribution is -2.52. The van der Waals surface area contributed by atoms with Crippen molar-refractivity contribution in [3.63, 3.8) is 0 Å². The Morgan fingerprint density at radius 3 is 2.75 bits per heavy atom. The highest BCUT2D eigenvalue weighted by molar-refractivity contribution is 5.94. The third kappa shape index (κ3) is 6.20. The SMILES string of the molecule is COc1cccc(NC(=O)N2CCOC(CN(CC(C)C)C(=O)c3ccccc3F)C2)c1. The van der Waals surface area contributed by atoms with E-state index in [1.54, 1.807) is 53.3 Å².